The van der Waals surface area contributed by atoms with Crippen LogP contribution in [-0.2, 0) is 11.3 Å². The predicted octanol–water partition coefficient (Wildman–Crippen LogP) is 3.23. The first kappa shape index (κ1) is 26.0. The van der Waals surface area contributed by atoms with E-state index < -0.39 is 0 Å². The smallest absolute Gasteiger partial charge is 0.317 e. The summed E-state index contributed by atoms with van der Waals surface area (Å²) in [7, 11) is 0. The Morgan fingerprint density at radius 1 is 1.06 bits per heavy atom. The van der Waals surface area contributed by atoms with E-state index in [0.717, 1.165) is 84.5 Å². The van der Waals surface area contributed by atoms with Gasteiger partial charge in [0, 0.05) is 43.5 Å². The van der Waals surface area contributed by atoms with Crippen molar-refractivity contribution in [1.29, 1.82) is 0 Å². The molecule has 0 spiro atoms. The van der Waals surface area contributed by atoms with Gasteiger partial charge in [-0.15, -0.1) is 11.3 Å². The van der Waals surface area contributed by atoms with Gasteiger partial charge in [-0.25, -0.2) is 4.79 Å². The highest BCUT2D eigenvalue weighted by Crippen LogP contribution is 2.21. The van der Waals surface area contributed by atoms with Gasteiger partial charge >= 0.3 is 6.03 Å². The first-order valence-electron chi connectivity index (χ1n) is 12.9. The second kappa shape index (κ2) is 13.9. The molecular formula is C25H43N5O2S. The average Bonchev–Trinajstić information content (AvgIpc) is 3.36. The number of hydrogen-bond donors (Lipinski definition) is 2. The highest BCUT2D eigenvalue weighted by molar-refractivity contribution is 7.09. The second-order valence-corrected chi connectivity index (χ2v) is 10.4. The molecule has 0 aromatic carbocycles. The number of nitrogens with one attached hydrogen (secondary N) is 2. The van der Waals surface area contributed by atoms with E-state index in [1.807, 2.05) is 16.2 Å². The third-order valence-corrected chi connectivity index (χ3v) is 8.07. The molecular weight excluding hydrogens is 434 g/mol. The van der Waals surface area contributed by atoms with Crippen molar-refractivity contribution in [2.45, 2.75) is 52.5 Å². The maximum absolute atomic E-state index is 12.6. The SMILES string of the molecule is CCN(CC)CCCNC(=O)C1CCN(C(=O)NCC2CCN(Cc3cccs3)CC2)CC1. The summed E-state index contributed by atoms with van der Waals surface area (Å²) in [6.07, 6.45) is 4.79. The first-order valence-corrected chi connectivity index (χ1v) is 13.7. The Balaban J connectivity index is 1.25. The molecule has 7 nitrogen and oxygen atoms in total. The highest BCUT2D eigenvalue weighted by Gasteiger charge is 2.28. The van der Waals surface area contributed by atoms with Gasteiger partial charge in [-0.05, 0) is 82.2 Å². The van der Waals surface area contributed by atoms with Gasteiger partial charge in [-0.1, -0.05) is 19.9 Å². The van der Waals surface area contributed by atoms with Crippen LogP contribution in [0.3, 0.4) is 0 Å². The lowest BCUT2D eigenvalue weighted by molar-refractivity contribution is -0.126. The van der Waals surface area contributed by atoms with E-state index in [2.05, 4.69) is 51.8 Å². The van der Waals surface area contributed by atoms with E-state index in [0.29, 0.717) is 19.0 Å². The topological polar surface area (TPSA) is 67.9 Å². The van der Waals surface area contributed by atoms with E-state index in [-0.39, 0.29) is 17.9 Å². The van der Waals surface area contributed by atoms with Crippen LogP contribution < -0.4 is 10.6 Å². The lowest BCUT2D eigenvalue weighted by Crippen LogP contribution is -2.48. The Morgan fingerprint density at radius 2 is 1.79 bits per heavy atom. The summed E-state index contributed by atoms with van der Waals surface area (Å²) in [6.45, 7) is 13.6. The molecule has 2 N–H and O–H groups in total. The standard InChI is InChI=1S/C25H43N5O2S/c1-3-28(4-2)13-6-12-26-24(31)22-10-16-30(17-11-22)25(32)27-19-21-8-14-29(15-9-21)20-23-7-5-18-33-23/h5,7,18,21-22H,3-4,6,8-17,19-20H2,1-2H3,(H,26,31)(H,27,32). The summed E-state index contributed by atoms with van der Waals surface area (Å²) in [5.41, 5.74) is 0. The number of carbonyl (C=O) groups excluding carboxylic acids is 2. The number of likely N-dealkylation sites (tertiary alicyclic amines) is 2. The van der Waals surface area contributed by atoms with Crippen molar-refractivity contribution in [3.8, 4) is 0 Å². The number of thiophene rings is 1. The van der Waals surface area contributed by atoms with Gasteiger partial charge in [0.1, 0.15) is 0 Å². The number of hydrogen-bond acceptors (Lipinski definition) is 5. The fraction of sp³-hybridized carbons (Fsp3) is 0.760. The van der Waals surface area contributed by atoms with E-state index in [4.69, 9.17) is 0 Å². The number of urea groups is 1. The summed E-state index contributed by atoms with van der Waals surface area (Å²) in [4.78, 5) is 33.3. The van der Waals surface area contributed by atoms with Crippen LogP contribution in [0.25, 0.3) is 0 Å². The fourth-order valence-electron chi connectivity index (χ4n) is 4.86. The molecule has 3 heterocycles. The lowest BCUT2D eigenvalue weighted by Gasteiger charge is -2.34. The van der Waals surface area contributed by atoms with Crippen LogP contribution >= 0.6 is 11.3 Å². The van der Waals surface area contributed by atoms with Gasteiger partial charge in [0.05, 0.1) is 0 Å². The Hall–Kier alpha value is -1.64. The van der Waals surface area contributed by atoms with Gasteiger partial charge in [-0.3, -0.25) is 9.69 Å². The van der Waals surface area contributed by atoms with Gasteiger partial charge in [-0.2, -0.15) is 0 Å². The normalized spacial score (nSPS) is 18.6. The Morgan fingerprint density at radius 3 is 2.42 bits per heavy atom. The predicted molar refractivity (Wildman–Crippen MR) is 135 cm³/mol. The zero-order valence-corrected chi connectivity index (χ0v) is 21.4. The van der Waals surface area contributed by atoms with Crippen LogP contribution in [-0.4, -0.2) is 85.5 Å². The quantitative estimate of drug-likeness (QED) is 0.480. The summed E-state index contributed by atoms with van der Waals surface area (Å²) >= 11 is 1.83. The second-order valence-electron chi connectivity index (χ2n) is 9.42. The van der Waals surface area contributed by atoms with Crippen molar-refractivity contribution < 1.29 is 9.59 Å². The van der Waals surface area contributed by atoms with Crippen molar-refractivity contribution >= 4 is 23.3 Å². The van der Waals surface area contributed by atoms with Crippen LogP contribution in [0.1, 0.15) is 50.8 Å². The van der Waals surface area contributed by atoms with Gasteiger partial charge < -0.3 is 20.4 Å². The van der Waals surface area contributed by atoms with Crippen LogP contribution in [0.5, 0.6) is 0 Å². The Bertz CT molecular complexity index is 694. The Kier molecular flexibility index (Phi) is 11.0. The largest absolute Gasteiger partial charge is 0.356 e. The van der Waals surface area contributed by atoms with E-state index >= 15 is 0 Å². The van der Waals surface area contributed by atoms with Crippen molar-refractivity contribution in [2.24, 2.45) is 11.8 Å². The molecule has 33 heavy (non-hydrogen) atoms. The number of nitrogens with zero attached hydrogens (tertiary/aromatic N) is 3. The first-order chi connectivity index (χ1) is 16.1. The molecule has 186 valence electrons. The third-order valence-electron chi connectivity index (χ3n) is 7.21. The number of amides is 3. The summed E-state index contributed by atoms with van der Waals surface area (Å²) in [5, 5.41) is 8.39. The molecule has 0 saturated carbocycles. The number of piperidine rings is 2. The van der Waals surface area contributed by atoms with E-state index in [1.165, 1.54) is 4.88 Å². The number of carbonyl (C=O) groups is 2. The molecule has 1 aromatic rings. The van der Waals surface area contributed by atoms with Gasteiger partial charge in [0.15, 0.2) is 0 Å². The van der Waals surface area contributed by atoms with Crippen LogP contribution in [0.15, 0.2) is 17.5 Å². The highest BCUT2D eigenvalue weighted by atomic mass is 32.1. The summed E-state index contributed by atoms with van der Waals surface area (Å²) < 4.78 is 0. The van der Waals surface area contributed by atoms with Crippen molar-refractivity contribution in [3.05, 3.63) is 22.4 Å². The third kappa shape index (κ3) is 8.58. The van der Waals surface area contributed by atoms with Crippen LogP contribution in [0.4, 0.5) is 4.79 Å². The van der Waals surface area contributed by atoms with Crippen molar-refractivity contribution in [1.82, 2.24) is 25.3 Å². The molecule has 0 atom stereocenters. The minimum atomic E-state index is 0.0362. The summed E-state index contributed by atoms with van der Waals surface area (Å²) in [5.74, 6) is 0.757. The number of rotatable bonds is 11. The molecule has 3 rings (SSSR count). The molecule has 8 heteroatoms. The molecule has 0 radical (unpaired) electrons. The fourth-order valence-corrected chi connectivity index (χ4v) is 5.60. The molecule has 3 amide bonds. The Labute approximate surface area is 203 Å². The van der Waals surface area contributed by atoms with E-state index in [9.17, 15) is 9.59 Å². The minimum Gasteiger partial charge on any atom is -0.356 e. The molecule has 0 unspecified atom stereocenters. The average molecular weight is 478 g/mol. The lowest BCUT2D eigenvalue weighted by atomic mass is 9.95. The van der Waals surface area contributed by atoms with Crippen molar-refractivity contribution in [3.63, 3.8) is 0 Å². The van der Waals surface area contributed by atoms with Gasteiger partial charge in [0.25, 0.3) is 0 Å². The molecule has 2 aliphatic heterocycles. The van der Waals surface area contributed by atoms with Crippen molar-refractivity contribution in [2.75, 3.05) is 58.9 Å². The molecule has 0 aliphatic carbocycles. The molecule has 2 fully saturated rings. The maximum Gasteiger partial charge on any atom is 0.317 e. The monoisotopic (exact) mass is 477 g/mol. The van der Waals surface area contributed by atoms with Crippen LogP contribution in [0, 0.1) is 11.8 Å². The molecule has 1 aromatic heterocycles. The zero-order valence-electron chi connectivity index (χ0n) is 20.6. The minimum absolute atomic E-state index is 0.0362. The molecule has 2 aliphatic rings. The molecule has 2 saturated heterocycles. The maximum atomic E-state index is 12.6. The van der Waals surface area contributed by atoms with Gasteiger partial charge in [0.2, 0.25) is 5.91 Å². The summed E-state index contributed by atoms with van der Waals surface area (Å²) in [6, 6.07) is 4.36. The van der Waals surface area contributed by atoms with E-state index in [1.54, 1.807) is 0 Å². The molecule has 0 bridgehead atoms. The zero-order chi connectivity index (χ0) is 23.5. The van der Waals surface area contributed by atoms with Crippen LogP contribution in [0.2, 0.25) is 0 Å².